The van der Waals surface area contributed by atoms with Crippen LogP contribution in [0.25, 0.3) is 0 Å². The normalized spacial score (nSPS) is 29.3. The minimum atomic E-state index is 0.147. The third kappa shape index (κ3) is 1.89. The van der Waals surface area contributed by atoms with E-state index in [0.717, 1.165) is 25.1 Å². The second-order valence-electron chi connectivity index (χ2n) is 6.08. The summed E-state index contributed by atoms with van der Waals surface area (Å²) in [4.78, 5) is 8.84. The van der Waals surface area contributed by atoms with Crippen molar-refractivity contribution in [3.8, 4) is 0 Å². The molecule has 2 aliphatic rings. The monoisotopic (exact) mass is 265 g/mol. The number of rotatable bonds is 2. The Morgan fingerprint density at radius 3 is 2.78 bits per heavy atom. The molecule has 1 heterocycles. The lowest BCUT2D eigenvalue weighted by molar-refractivity contribution is 0.168. The van der Waals surface area contributed by atoms with Crippen molar-refractivity contribution in [2.24, 2.45) is 5.41 Å². The molecule has 2 aliphatic carbocycles. The fourth-order valence-electron chi connectivity index (χ4n) is 2.93. The zero-order valence-corrected chi connectivity index (χ0v) is 11.8. The van der Waals surface area contributed by atoms with Crippen LogP contribution in [0.1, 0.15) is 44.4 Å². The number of fused-ring (bicyclic) bond motifs is 1. The van der Waals surface area contributed by atoms with Gasteiger partial charge in [0.1, 0.15) is 12.1 Å². The van der Waals surface area contributed by atoms with Gasteiger partial charge in [-0.15, -0.1) is 11.6 Å². The van der Waals surface area contributed by atoms with Crippen molar-refractivity contribution >= 4 is 17.4 Å². The van der Waals surface area contributed by atoms with E-state index >= 15 is 0 Å². The molecule has 0 aromatic carbocycles. The zero-order valence-electron chi connectivity index (χ0n) is 11.0. The van der Waals surface area contributed by atoms with E-state index < -0.39 is 0 Å². The second kappa shape index (κ2) is 4.37. The van der Waals surface area contributed by atoms with E-state index in [9.17, 15) is 0 Å². The number of anilines is 1. The Labute approximate surface area is 113 Å². The number of alkyl halides is 1. The van der Waals surface area contributed by atoms with E-state index in [2.05, 4.69) is 29.1 Å². The molecule has 2 unspecified atom stereocenters. The van der Waals surface area contributed by atoms with Gasteiger partial charge in [0.25, 0.3) is 0 Å². The highest BCUT2D eigenvalue weighted by Crippen LogP contribution is 2.46. The first-order chi connectivity index (χ1) is 8.59. The fourth-order valence-corrected chi connectivity index (χ4v) is 3.26. The Bertz CT molecular complexity index is 458. The molecule has 3 rings (SSSR count). The molecule has 0 aliphatic heterocycles. The maximum absolute atomic E-state index is 6.27. The van der Waals surface area contributed by atoms with Crippen LogP contribution in [-0.4, -0.2) is 21.4 Å². The van der Waals surface area contributed by atoms with Gasteiger partial charge in [0, 0.05) is 28.1 Å². The van der Waals surface area contributed by atoms with Crippen LogP contribution in [0.5, 0.6) is 0 Å². The summed E-state index contributed by atoms with van der Waals surface area (Å²) in [5.41, 5.74) is 2.71. The first-order valence-electron chi connectivity index (χ1n) is 6.82. The lowest BCUT2D eigenvalue weighted by atomic mass is 9.66. The van der Waals surface area contributed by atoms with Crippen molar-refractivity contribution in [3.63, 3.8) is 0 Å². The summed E-state index contributed by atoms with van der Waals surface area (Å²) < 4.78 is 0. The van der Waals surface area contributed by atoms with Crippen LogP contribution in [0.15, 0.2) is 6.33 Å². The Balaban J connectivity index is 1.82. The van der Waals surface area contributed by atoms with Crippen LogP contribution in [-0.2, 0) is 12.8 Å². The first kappa shape index (κ1) is 12.2. The van der Waals surface area contributed by atoms with Crippen molar-refractivity contribution in [3.05, 3.63) is 17.6 Å². The quantitative estimate of drug-likeness (QED) is 0.835. The highest BCUT2D eigenvalue weighted by molar-refractivity contribution is 6.21. The third-order valence-electron chi connectivity index (χ3n) is 4.58. The smallest absolute Gasteiger partial charge is 0.133 e. The topological polar surface area (TPSA) is 37.8 Å². The molecule has 0 spiro atoms. The summed E-state index contributed by atoms with van der Waals surface area (Å²) in [7, 11) is 0. The summed E-state index contributed by atoms with van der Waals surface area (Å²) in [6, 6.07) is 0.431. The van der Waals surface area contributed by atoms with E-state index in [1.165, 1.54) is 24.1 Å². The molecule has 0 amide bonds. The molecule has 1 saturated carbocycles. The Morgan fingerprint density at radius 2 is 2.06 bits per heavy atom. The largest absolute Gasteiger partial charge is 0.366 e. The lowest BCUT2D eigenvalue weighted by Crippen LogP contribution is -2.54. The molecule has 18 heavy (non-hydrogen) atoms. The summed E-state index contributed by atoms with van der Waals surface area (Å²) in [5.74, 6) is 1.04. The Hall–Kier alpha value is -0.830. The van der Waals surface area contributed by atoms with Gasteiger partial charge in [-0.25, -0.2) is 9.97 Å². The van der Waals surface area contributed by atoms with Crippen molar-refractivity contribution in [2.75, 3.05) is 5.32 Å². The highest BCUT2D eigenvalue weighted by Gasteiger charge is 2.47. The van der Waals surface area contributed by atoms with Crippen LogP contribution < -0.4 is 5.32 Å². The van der Waals surface area contributed by atoms with E-state index in [1.54, 1.807) is 6.33 Å². The van der Waals surface area contributed by atoms with E-state index in [4.69, 9.17) is 11.6 Å². The van der Waals surface area contributed by atoms with Gasteiger partial charge in [0.2, 0.25) is 0 Å². The number of aryl methyl sites for hydroxylation is 1. The van der Waals surface area contributed by atoms with Gasteiger partial charge in [-0.1, -0.05) is 13.8 Å². The van der Waals surface area contributed by atoms with Crippen LogP contribution in [0, 0.1) is 5.41 Å². The molecule has 2 atom stereocenters. The van der Waals surface area contributed by atoms with E-state index in [1.807, 2.05) is 0 Å². The van der Waals surface area contributed by atoms with Crippen LogP contribution >= 0.6 is 11.6 Å². The standard InChI is InChI=1S/C14H20ClN3/c1-14(2)11(15)7-12(14)18-13-9-5-3-4-6-10(9)16-8-17-13/h8,11-12H,3-7H2,1-2H3,(H,16,17,18). The van der Waals surface area contributed by atoms with Crippen molar-refractivity contribution in [1.29, 1.82) is 0 Å². The third-order valence-corrected chi connectivity index (χ3v) is 5.32. The molecule has 1 fully saturated rings. The van der Waals surface area contributed by atoms with E-state index in [0.29, 0.717) is 6.04 Å². The van der Waals surface area contributed by atoms with Crippen molar-refractivity contribution in [1.82, 2.24) is 9.97 Å². The van der Waals surface area contributed by atoms with Gasteiger partial charge >= 0.3 is 0 Å². The SMILES string of the molecule is CC1(C)C(Cl)CC1Nc1ncnc2c1CCCC2. The van der Waals surface area contributed by atoms with Gasteiger partial charge in [-0.2, -0.15) is 0 Å². The summed E-state index contributed by atoms with van der Waals surface area (Å²) in [6.07, 6.45) is 7.42. The fraction of sp³-hybridized carbons (Fsp3) is 0.714. The molecule has 0 radical (unpaired) electrons. The molecule has 0 bridgehead atoms. The van der Waals surface area contributed by atoms with Gasteiger partial charge in [-0.05, 0) is 32.1 Å². The number of hydrogen-bond donors (Lipinski definition) is 1. The number of nitrogens with zero attached hydrogens (tertiary/aromatic N) is 2. The number of hydrogen-bond acceptors (Lipinski definition) is 3. The molecule has 1 aromatic heterocycles. The minimum Gasteiger partial charge on any atom is -0.366 e. The first-order valence-corrected chi connectivity index (χ1v) is 7.26. The average molecular weight is 266 g/mol. The zero-order chi connectivity index (χ0) is 12.8. The van der Waals surface area contributed by atoms with Gasteiger partial charge in [0.05, 0.1) is 0 Å². The van der Waals surface area contributed by atoms with Crippen LogP contribution in [0.4, 0.5) is 5.82 Å². The highest BCUT2D eigenvalue weighted by atomic mass is 35.5. The van der Waals surface area contributed by atoms with E-state index in [-0.39, 0.29) is 10.8 Å². The van der Waals surface area contributed by atoms with Crippen molar-refractivity contribution < 1.29 is 0 Å². The minimum absolute atomic E-state index is 0.147. The average Bonchev–Trinajstić information content (AvgIpc) is 2.39. The van der Waals surface area contributed by atoms with Crippen LogP contribution in [0.3, 0.4) is 0 Å². The maximum Gasteiger partial charge on any atom is 0.133 e. The second-order valence-corrected chi connectivity index (χ2v) is 6.60. The molecule has 1 N–H and O–H groups in total. The molecule has 4 heteroatoms. The summed E-state index contributed by atoms with van der Waals surface area (Å²) >= 11 is 6.27. The van der Waals surface area contributed by atoms with Gasteiger partial charge in [-0.3, -0.25) is 0 Å². The van der Waals surface area contributed by atoms with Gasteiger partial charge in [0.15, 0.2) is 0 Å². The number of aromatic nitrogens is 2. The lowest BCUT2D eigenvalue weighted by Gasteiger charge is -2.49. The van der Waals surface area contributed by atoms with Crippen molar-refractivity contribution in [2.45, 2.75) is 57.4 Å². The molecule has 0 saturated heterocycles. The maximum atomic E-state index is 6.27. The Morgan fingerprint density at radius 1 is 1.28 bits per heavy atom. The molecule has 98 valence electrons. The molecule has 1 aromatic rings. The predicted octanol–water partition coefficient (Wildman–Crippen LogP) is 3.17. The predicted molar refractivity (Wildman–Crippen MR) is 74.1 cm³/mol. The van der Waals surface area contributed by atoms with Gasteiger partial charge < -0.3 is 5.32 Å². The number of nitrogens with one attached hydrogen (secondary N) is 1. The molecular formula is C14H20ClN3. The molecule has 3 nitrogen and oxygen atoms in total. The summed E-state index contributed by atoms with van der Waals surface area (Å²) in [6.45, 7) is 4.44. The number of halogens is 1. The molecular weight excluding hydrogens is 246 g/mol. The Kier molecular flexibility index (Phi) is 2.97. The van der Waals surface area contributed by atoms with Crippen LogP contribution in [0.2, 0.25) is 0 Å². The summed E-state index contributed by atoms with van der Waals surface area (Å²) in [5, 5.41) is 3.86.